The predicted molar refractivity (Wildman–Crippen MR) is 271 cm³/mol. The standard InChI is InChI=1S/C50H59N3O17S4/c1-49(2)43(52(24-13-9-12-17-45(54)55)39-20-18-36-38(46(39)49)31-34(72(60,61)62)32-42(36)74(66,67)68)15-10-7-6-8-11-16-44-50(3,22-14-28-71(57,58)59)47-37-29-33(48(56)51-23-26-69-4)30-41(73(63,64)65)35(37)19-21-40(47)53(44)25-27-70-5/h6-8,10-11,15-16,18-21,29-32H,9,12-14,17,22-28H2,1-5H3,(H5-,51,54,55,56,57,58,59,60,61,62,63,64,65,66,67,68)/p-3. The van der Waals surface area contributed by atoms with Crippen LogP contribution in [0.1, 0.15) is 80.8 Å². The lowest BCUT2D eigenvalue weighted by atomic mass is 9.75. The predicted octanol–water partition coefficient (Wildman–Crippen LogP) is 5.40. The second kappa shape index (κ2) is 22.7. The Morgan fingerprint density at radius 2 is 1.34 bits per heavy atom. The normalized spacial score (nSPS) is 17.7. The minimum absolute atomic E-state index is 0.0321. The van der Waals surface area contributed by atoms with Gasteiger partial charge in [-0.25, -0.2) is 33.7 Å². The lowest BCUT2D eigenvalue weighted by Crippen LogP contribution is -2.31. The molecular formula is C50H56N3O17S4-3. The molecule has 2 aliphatic rings. The molecule has 74 heavy (non-hydrogen) atoms. The molecule has 0 bridgehead atoms. The van der Waals surface area contributed by atoms with E-state index >= 15 is 0 Å². The molecule has 1 atom stereocenters. The number of unbranched alkanes of at least 4 members (excludes halogenated alkanes) is 2. The molecule has 2 N–H and O–H groups in total. The van der Waals surface area contributed by atoms with Crippen LogP contribution < -0.4 is 10.2 Å². The minimum atomic E-state index is -5.26. The quantitative estimate of drug-likeness (QED) is 0.0384. The number of benzene rings is 4. The number of carboxylic acid groups (broad SMARTS) is 1. The number of nitrogens with one attached hydrogen (secondary N) is 1. The van der Waals surface area contributed by atoms with E-state index in [4.69, 9.17) is 9.47 Å². The highest BCUT2D eigenvalue weighted by Crippen LogP contribution is 2.54. The van der Waals surface area contributed by atoms with Crippen molar-refractivity contribution in [3.63, 3.8) is 0 Å². The zero-order valence-corrected chi connectivity index (χ0v) is 44.4. The van der Waals surface area contributed by atoms with Crippen LogP contribution in [-0.4, -0.2) is 132 Å². The summed E-state index contributed by atoms with van der Waals surface area (Å²) in [6, 6.07) is 10.2. The average molecular weight is 1100 g/mol. The Balaban J connectivity index is 1.43. The summed E-state index contributed by atoms with van der Waals surface area (Å²) < 4.78 is 161. The van der Waals surface area contributed by atoms with E-state index in [1.807, 2.05) is 23.3 Å². The summed E-state index contributed by atoms with van der Waals surface area (Å²) in [5.41, 5.74) is 1.03. The Bertz CT molecular complexity index is 3510. The number of hydrogen-bond acceptors (Lipinski definition) is 17. The van der Waals surface area contributed by atoms with Gasteiger partial charge in [-0.05, 0) is 111 Å². The number of aliphatic carboxylic acids is 1. The molecule has 0 spiro atoms. The van der Waals surface area contributed by atoms with Gasteiger partial charge in [-0.2, -0.15) is 4.58 Å². The lowest BCUT2D eigenvalue weighted by Gasteiger charge is -2.31. The monoisotopic (exact) mass is 1100 g/mol. The molecule has 0 saturated carbocycles. The van der Waals surface area contributed by atoms with Crippen LogP contribution in [0.2, 0.25) is 0 Å². The maximum atomic E-state index is 13.4. The third-order valence-electron chi connectivity index (χ3n) is 13.2. The molecule has 0 saturated heterocycles. The summed E-state index contributed by atoms with van der Waals surface area (Å²) >= 11 is 0. The molecule has 0 fully saturated rings. The van der Waals surface area contributed by atoms with E-state index in [1.54, 1.807) is 61.6 Å². The minimum Gasteiger partial charge on any atom is -0.748 e. The van der Waals surface area contributed by atoms with Crippen LogP contribution in [0.4, 0.5) is 11.4 Å². The SMILES string of the molecule is COCCNC(=O)c1cc(S(=O)(=O)[O-])c2ccc3c(c2c1)C(C)(CCCS(=O)(=O)[O-])C(=CC=CC=CC=CC1=[N+](CCCCCC(=O)O)c2ccc4c(S(=O)(=O)[O-])cc(S(=O)(=O)[O-])cc4c2C1(C)C)N3CCOC. The number of fused-ring (bicyclic) bond motifs is 6. The second-order valence-electron chi connectivity index (χ2n) is 18.5. The smallest absolute Gasteiger partial charge is 0.303 e. The van der Waals surface area contributed by atoms with Crippen molar-refractivity contribution in [3.8, 4) is 0 Å². The number of nitrogens with zero attached hydrogens (tertiary/aromatic N) is 2. The Kier molecular flexibility index (Phi) is 17.6. The molecule has 1 amide bonds. The number of carboxylic acids is 1. The molecule has 20 nitrogen and oxygen atoms in total. The van der Waals surface area contributed by atoms with Crippen LogP contribution in [0.5, 0.6) is 0 Å². The number of amides is 1. The van der Waals surface area contributed by atoms with Crippen molar-refractivity contribution in [1.29, 1.82) is 0 Å². The summed E-state index contributed by atoms with van der Waals surface area (Å²) in [5, 5.41) is 12.1. The summed E-state index contributed by atoms with van der Waals surface area (Å²) in [4.78, 5) is 24.1. The average Bonchev–Trinajstić information content (AvgIpc) is 3.67. The van der Waals surface area contributed by atoms with Crippen LogP contribution in [-0.2, 0) is 65.6 Å². The maximum absolute atomic E-state index is 13.4. The molecule has 24 heteroatoms. The number of methoxy groups -OCH3 is 2. The van der Waals surface area contributed by atoms with Gasteiger partial charge in [0, 0.05) is 91.4 Å². The van der Waals surface area contributed by atoms with Gasteiger partial charge < -0.3 is 43.0 Å². The van der Waals surface area contributed by atoms with Crippen molar-refractivity contribution in [2.24, 2.45) is 0 Å². The van der Waals surface area contributed by atoms with Crippen LogP contribution >= 0.6 is 0 Å². The van der Waals surface area contributed by atoms with Gasteiger partial charge >= 0.3 is 5.97 Å². The molecule has 0 radical (unpaired) electrons. The Labute approximate surface area is 430 Å². The van der Waals surface area contributed by atoms with E-state index in [-0.39, 0.29) is 72.7 Å². The van der Waals surface area contributed by atoms with Gasteiger partial charge in [0.15, 0.2) is 5.71 Å². The highest BCUT2D eigenvalue weighted by Gasteiger charge is 2.47. The molecule has 0 aromatic heterocycles. The Hall–Kier alpha value is -5.67. The molecule has 6 rings (SSSR count). The fraction of sp³-hybridized carbons (Fsp3) is 0.380. The van der Waals surface area contributed by atoms with E-state index in [0.29, 0.717) is 65.8 Å². The van der Waals surface area contributed by atoms with Crippen LogP contribution in [0.3, 0.4) is 0 Å². The topological polar surface area (TPSA) is 320 Å². The molecule has 4 aromatic rings. The fourth-order valence-corrected chi connectivity index (χ4v) is 12.5. The first kappa shape index (κ1) is 57.6. The van der Waals surface area contributed by atoms with Crippen LogP contribution in [0.25, 0.3) is 21.5 Å². The maximum Gasteiger partial charge on any atom is 0.303 e. The highest BCUT2D eigenvalue weighted by molar-refractivity contribution is 7.87. The van der Waals surface area contributed by atoms with Crippen LogP contribution in [0, 0.1) is 0 Å². The molecular weight excluding hydrogens is 1040 g/mol. The molecule has 400 valence electrons. The van der Waals surface area contributed by atoms with Crippen LogP contribution in [0.15, 0.2) is 111 Å². The van der Waals surface area contributed by atoms with Crippen molar-refractivity contribution < 1.29 is 80.6 Å². The number of carbonyl (C=O) groups is 2. The van der Waals surface area contributed by atoms with Crippen molar-refractivity contribution in [2.75, 3.05) is 57.7 Å². The third-order valence-corrected chi connectivity index (χ3v) is 16.5. The first-order valence-corrected chi connectivity index (χ1v) is 29.0. The Morgan fingerprint density at radius 3 is 1.96 bits per heavy atom. The molecule has 2 aliphatic heterocycles. The van der Waals surface area contributed by atoms with Gasteiger partial charge in [0.25, 0.3) is 5.91 Å². The van der Waals surface area contributed by atoms with Crippen molar-refractivity contribution in [3.05, 3.63) is 113 Å². The number of rotatable bonds is 24. The van der Waals surface area contributed by atoms with E-state index in [1.165, 1.54) is 32.4 Å². The summed E-state index contributed by atoms with van der Waals surface area (Å²) in [7, 11) is -17.4. The summed E-state index contributed by atoms with van der Waals surface area (Å²) in [5.74, 6) is -2.33. The zero-order valence-electron chi connectivity index (χ0n) is 41.2. The zero-order chi connectivity index (χ0) is 54.6. The van der Waals surface area contributed by atoms with E-state index in [9.17, 15) is 66.6 Å². The summed E-state index contributed by atoms with van der Waals surface area (Å²) in [6.45, 7) is 6.46. The van der Waals surface area contributed by atoms with Gasteiger partial charge in [-0.15, -0.1) is 0 Å². The first-order valence-electron chi connectivity index (χ1n) is 23.2. The Morgan fingerprint density at radius 1 is 0.716 bits per heavy atom. The van der Waals surface area contributed by atoms with Gasteiger partial charge in [0.05, 0.1) is 43.4 Å². The molecule has 2 heterocycles. The fourth-order valence-electron chi connectivity index (χ4n) is 9.95. The lowest BCUT2D eigenvalue weighted by molar-refractivity contribution is -0.438. The van der Waals surface area contributed by atoms with Gasteiger partial charge in [-0.1, -0.05) is 36.4 Å². The number of hydrogen-bond donors (Lipinski definition) is 2. The first-order chi connectivity index (χ1) is 34.6. The van der Waals surface area contributed by atoms with Crippen molar-refractivity contribution in [2.45, 2.75) is 84.8 Å². The van der Waals surface area contributed by atoms with E-state index in [2.05, 4.69) is 5.32 Å². The number of carbonyl (C=O) groups excluding carboxylic acids is 1. The van der Waals surface area contributed by atoms with E-state index < -0.39 is 83.6 Å². The van der Waals surface area contributed by atoms with Crippen molar-refractivity contribution >= 4 is 91.0 Å². The van der Waals surface area contributed by atoms with Crippen molar-refractivity contribution in [1.82, 2.24) is 5.32 Å². The second-order valence-corrected chi connectivity index (χ2v) is 24.1. The molecule has 1 unspecified atom stereocenters. The number of ether oxygens (including phenoxy) is 2. The van der Waals surface area contributed by atoms with Gasteiger partial charge in [-0.3, -0.25) is 9.59 Å². The van der Waals surface area contributed by atoms with Gasteiger partial charge in [0.2, 0.25) is 5.69 Å². The molecule has 0 aliphatic carbocycles. The number of anilines is 1. The largest absolute Gasteiger partial charge is 0.748 e. The van der Waals surface area contributed by atoms with Gasteiger partial charge in [0.1, 0.15) is 36.9 Å². The molecule has 4 aromatic carbocycles. The highest BCUT2D eigenvalue weighted by atomic mass is 32.2. The third kappa shape index (κ3) is 12.7. The number of allylic oxidation sites excluding steroid dienone is 8. The van der Waals surface area contributed by atoms with E-state index in [0.717, 1.165) is 12.1 Å². The summed E-state index contributed by atoms with van der Waals surface area (Å²) in [6.07, 6.45) is 13.5.